The molecule has 0 bridgehead atoms. The fraction of sp³-hybridized carbons (Fsp3) is 0.0556. The molecule has 0 saturated heterocycles. The summed E-state index contributed by atoms with van der Waals surface area (Å²) in [6.07, 6.45) is 0. The second kappa shape index (κ2) is 6.58. The largest absolute Gasteiger partial charge is 0.340 e. The van der Waals surface area contributed by atoms with Crippen LogP contribution in [0.5, 0.6) is 0 Å². The number of hydrogen-bond acceptors (Lipinski definition) is 5. The minimum Gasteiger partial charge on any atom is -0.340 e. The molecule has 0 unspecified atom stereocenters. The summed E-state index contributed by atoms with van der Waals surface area (Å²) in [6.45, 7) is 1.90. The number of rotatable bonds is 4. The number of aromatic nitrogens is 2. The van der Waals surface area contributed by atoms with E-state index < -0.39 is 0 Å². The molecule has 112 valence electrons. The second-order valence-electron chi connectivity index (χ2n) is 4.99. The molecular formula is C18H15N5. The van der Waals surface area contributed by atoms with Crippen LogP contribution in [0.3, 0.4) is 0 Å². The molecule has 0 aliphatic heterocycles. The van der Waals surface area contributed by atoms with E-state index in [2.05, 4.69) is 26.7 Å². The van der Waals surface area contributed by atoms with E-state index in [1.54, 1.807) is 6.07 Å². The standard InChI is InChI=1S/C18H15N5/c1-13-11-17(21-15-8-3-2-4-9-15)23-18(20-13)22-16-10-6-5-7-14(16)12-19/h2-11H,1H3,(H2,20,21,22,23). The third-order valence-electron chi connectivity index (χ3n) is 3.19. The molecule has 0 fully saturated rings. The Hall–Kier alpha value is -3.39. The van der Waals surface area contributed by atoms with Gasteiger partial charge in [-0.3, -0.25) is 0 Å². The van der Waals surface area contributed by atoms with Crippen LogP contribution >= 0.6 is 0 Å². The second-order valence-corrected chi connectivity index (χ2v) is 4.99. The molecule has 1 aromatic heterocycles. The Morgan fingerprint density at radius 1 is 0.913 bits per heavy atom. The van der Waals surface area contributed by atoms with Crippen LogP contribution in [0.25, 0.3) is 0 Å². The van der Waals surface area contributed by atoms with E-state index in [1.807, 2.05) is 61.5 Å². The molecule has 0 spiro atoms. The predicted molar refractivity (Wildman–Crippen MR) is 90.9 cm³/mol. The van der Waals surface area contributed by atoms with E-state index in [0.29, 0.717) is 23.0 Å². The number of nitrogens with one attached hydrogen (secondary N) is 2. The molecule has 2 aromatic carbocycles. The average molecular weight is 301 g/mol. The summed E-state index contributed by atoms with van der Waals surface area (Å²) < 4.78 is 0. The Morgan fingerprint density at radius 2 is 1.65 bits per heavy atom. The third kappa shape index (κ3) is 3.63. The molecular weight excluding hydrogens is 286 g/mol. The molecule has 5 nitrogen and oxygen atoms in total. The minimum atomic E-state index is 0.450. The van der Waals surface area contributed by atoms with Crippen molar-refractivity contribution in [2.24, 2.45) is 0 Å². The number of nitriles is 1. The van der Waals surface area contributed by atoms with Crippen molar-refractivity contribution < 1.29 is 0 Å². The van der Waals surface area contributed by atoms with E-state index in [9.17, 15) is 0 Å². The number of nitrogens with zero attached hydrogens (tertiary/aromatic N) is 3. The van der Waals surface area contributed by atoms with Crippen LogP contribution < -0.4 is 10.6 Å². The molecule has 0 aliphatic carbocycles. The maximum absolute atomic E-state index is 9.16. The van der Waals surface area contributed by atoms with Crippen molar-refractivity contribution in [3.8, 4) is 6.07 Å². The summed E-state index contributed by atoms with van der Waals surface area (Å²) in [6, 6.07) is 21.1. The van der Waals surface area contributed by atoms with Crippen LogP contribution in [0.4, 0.5) is 23.1 Å². The van der Waals surface area contributed by atoms with Gasteiger partial charge in [-0.2, -0.15) is 10.2 Å². The molecule has 3 aromatic rings. The quantitative estimate of drug-likeness (QED) is 0.757. The van der Waals surface area contributed by atoms with E-state index in [-0.39, 0.29) is 0 Å². The summed E-state index contributed by atoms with van der Waals surface area (Å²) in [7, 11) is 0. The molecule has 2 N–H and O–H groups in total. The van der Waals surface area contributed by atoms with Gasteiger partial charge in [0.15, 0.2) is 0 Å². The van der Waals surface area contributed by atoms with Gasteiger partial charge < -0.3 is 10.6 Å². The fourth-order valence-electron chi connectivity index (χ4n) is 2.17. The van der Waals surface area contributed by atoms with Crippen molar-refractivity contribution in [2.75, 3.05) is 10.6 Å². The number of para-hydroxylation sites is 2. The highest BCUT2D eigenvalue weighted by Gasteiger charge is 2.06. The van der Waals surface area contributed by atoms with Crippen molar-refractivity contribution in [3.05, 3.63) is 71.9 Å². The highest BCUT2D eigenvalue weighted by Crippen LogP contribution is 2.21. The molecule has 23 heavy (non-hydrogen) atoms. The van der Waals surface area contributed by atoms with Gasteiger partial charge in [0.05, 0.1) is 11.3 Å². The van der Waals surface area contributed by atoms with Crippen LogP contribution in [0.1, 0.15) is 11.3 Å². The van der Waals surface area contributed by atoms with E-state index in [0.717, 1.165) is 11.4 Å². The monoisotopic (exact) mass is 301 g/mol. The Kier molecular flexibility index (Phi) is 4.16. The molecule has 0 saturated carbocycles. The van der Waals surface area contributed by atoms with Crippen molar-refractivity contribution >= 4 is 23.1 Å². The van der Waals surface area contributed by atoms with Gasteiger partial charge in [-0.25, -0.2) is 4.98 Å². The van der Waals surface area contributed by atoms with Crippen LogP contribution in [0.15, 0.2) is 60.7 Å². The minimum absolute atomic E-state index is 0.450. The maximum atomic E-state index is 9.16. The number of anilines is 4. The molecule has 5 heteroatoms. The SMILES string of the molecule is Cc1cc(Nc2ccccc2)nc(Nc2ccccc2C#N)n1. The summed E-state index contributed by atoms with van der Waals surface area (Å²) in [5, 5.41) is 15.5. The van der Waals surface area contributed by atoms with Gasteiger partial charge in [-0.15, -0.1) is 0 Å². The van der Waals surface area contributed by atoms with Crippen LogP contribution in [0, 0.1) is 18.3 Å². The highest BCUT2D eigenvalue weighted by atomic mass is 15.1. The van der Waals surface area contributed by atoms with E-state index >= 15 is 0 Å². The van der Waals surface area contributed by atoms with Crippen molar-refractivity contribution in [3.63, 3.8) is 0 Å². The van der Waals surface area contributed by atoms with Gasteiger partial charge in [0.2, 0.25) is 5.95 Å². The predicted octanol–water partition coefficient (Wildman–Crippen LogP) is 4.14. The normalized spacial score (nSPS) is 9.91. The van der Waals surface area contributed by atoms with Crippen LogP contribution in [-0.2, 0) is 0 Å². The third-order valence-corrected chi connectivity index (χ3v) is 3.19. The first kappa shape index (κ1) is 14.5. The van der Waals surface area contributed by atoms with Crippen LogP contribution in [0.2, 0.25) is 0 Å². The number of aryl methyl sites for hydroxylation is 1. The zero-order valence-electron chi connectivity index (χ0n) is 12.6. The van der Waals surface area contributed by atoms with Gasteiger partial charge in [-0.05, 0) is 31.2 Å². The zero-order chi connectivity index (χ0) is 16.1. The molecule has 0 amide bonds. The first-order valence-electron chi connectivity index (χ1n) is 7.18. The van der Waals surface area contributed by atoms with Crippen molar-refractivity contribution in [1.82, 2.24) is 9.97 Å². The molecule has 0 radical (unpaired) electrons. The number of hydrogen-bond donors (Lipinski definition) is 2. The lowest BCUT2D eigenvalue weighted by Gasteiger charge is -2.10. The molecule has 1 heterocycles. The maximum Gasteiger partial charge on any atom is 0.229 e. The van der Waals surface area contributed by atoms with Gasteiger partial charge in [0.1, 0.15) is 11.9 Å². The van der Waals surface area contributed by atoms with Crippen molar-refractivity contribution in [1.29, 1.82) is 5.26 Å². The Morgan fingerprint density at radius 3 is 2.43 bits per heavy atom. The van der Waals surface area contributed by atoms with Gasteiger partial charge >= 0.3 is 0 Å². The zero-order valence-corrected chi connectivity index (χ0v) is 12.6. The van der Waals surface area contributed by atoms with Gasteiger partial charge in [-0.1, -0.05) is 30.3 Å². The Bertz CT molecular complexity index is 853. The van der Waals surface area contributed by atoms with E-state index in [4.69, 9.17) is 5.26 Å². The lowest BCUT2D eigenvalue weighted by Crippen LogP contribution is -2.03. The summed E-state index contributed by atoms with van der Waals surface area (Å²) in [5.74, 6) is 1.15. The van der Waals surface area contributed by atoms with Crippen LogP contribution in [-0.4, -0.2) is 9.97 Å². The first-order valence-corrected chi connectivity index (χ1v) is 7.18. The van der Waals surface area contributed by atoms with Crippen molar-refractivity contribution in [2.45, 2.75) is 6.92 Å². The Labute approximate surface area is 134 Å². The summed E-state index contributed by atoms with van der Waals surface area (Å²) >= 11 is 0. The number of benzene rings is 2. The van der Waals surface area contributed by atoms with Gasteiger partial charge in [0, 0.05) is 17.4 Å². The lowest BCUT2D eigenvalue weighted by molar-refractivity contribution is 1.11. The first-order chi connectivity index (χ1) is 11.2. The Balaban J connectivity index is 1.87. The highest BCUT2D eigenvalue weighted by molar-refractivity contribution is 5.64. The smallest absolute Gasteiger partial charge is 0.229 e. The van der Waals surface area contributed by atoms with Gasteiger partial charge in [0.25, 0.3) is 0 Å². The molecule has 3 rings (SSSR count). The molecule has 0 atom stereocenters. The van der Waals surface area contributed by atoms with E-state index in [1.165, 1.54) is 0 Å². The topological polar surface area (TPSA) is 73.6 Å². The summed E-state index contributed by atoms with van der Waals surface area (Å²) in [4.78, 5) is 8.83. The average Bonchev–Trinajstić information content (AvgIpc) is 2.56. The molecule has 0 aliphatic rings. The summed E-state index contributed by atoms with van der Waals surface area (Å²) in [5.41, 5.74) is 3.02. The lowest BCUT2D eigenvalue weighted by atomic mass is 10.2. The fourth-order valence-corrected chi connectivity index (χ4v) is 2.17.